The standard InChI is InChI=1S/C18H18ClNO3/c1-11-16(19)8-5-9-17(11)20-18(22)13(3)23-15-7-4-6-14(10-15)12(2)21/h4-10,13H,1-3H3,(H,20,22). The molecule has 2 aromatic carbocycles. The van der Waals surface area contributed by atoms with Gasteiger partial charge < -0.3 is 10.1 Å². The van der Waals surface area contributed by atoms with Crippen LogP contribution >= 0.6 is 11.6 Å². The Hall–Kier alpha value is -2.33. The Kier molecular flexibility index (Phi) is 5.40. The Morgan fingerprint density at radius 2 is 1.87 bits per heavy atom. The van der Waals surface area contributed by atoms with E-state index in [0.717, 1.165) is 5.56 Å². The van der Waals surface area contributed by atoms with Crippen molar-refractivity contribution in [3.05, 3.63) is 58.6 Å². The summed E-state index contributed by atoms with van der Waals surface area (Å²) < 4.78 is 5.61. The molecule has 0 aliphatic rings. The van der Waals surface area contributed by atoms with Gasteiger partial charge in [0.05, 0.1) is 0 Å². The van der Waals surface area contributed by atoms with E-state index in [-0.39, 0.29) is 11.7 Å². The van der Waals surface area contributed by atoms with E-state index in [0.29, 0.717) is 22.0 Å². The number of hydrogen-bond acceptors (Lipinski definition) is 3. The molecule has 0 saturated heterocycles. The first-order chi connectivity index (χ1) is 10.9. The molecule has 0 spiro atoms. The summed E-state index contributed by atoms with van der Waals surface area (Å²) in [6.07, 6.45) is -0.712. The Bertz CT molecular complexity index is 743. The molecule has 4 nitrogen and oxygen atoms in total. The van der Waals surface area contributed by atoms with Gasteiger partial charge in [0.2, 0.25) is 0 Å². The summed E-state index contributed by atoms with van der Waals surface area (Å²) in [6.45, 7) is 4.96. The molecule has 2 rings (SSSR count). The summed E-state index contributed by atoms with van der Waals surface area (Å²) in [7, 11) is 0. The van der Waals surface area contributed by atoms with E-state index in [9.17, 15) is 9.59 Å². The van der Waals surface area contributed by atoms with E-state index in [1.165, 1.54) is 6.92 Å². The number of carbonyl (C=O) groups excluding carboxylic acids is 2. The van der Waals surface area contributed by atoms with Crippen LogP contribution in [-0.4, -0.2) is 17.8 Å². The lowest BCUT2D eigenvalue weighted by molar-refractivity contribution is -0.122. The van der Waals surface area contributed by atoms with Gasteiger partial charge >= 0.3 is 0 Å². The summed E-state index contributed by atoms with van der Waals surface area (Å²) in [6, 6.07) is 12.1. The SMILES string of the molecule is CC(=O)c1cccc(OC(C)C(=O)Nc2cccc(Cl)c2C)c1. The van der Waals surface area contributed by atoms with Crippen LogP contribution in [0.4, 0.5) is 5.69 Å². The van der Waals surface area contributed by atoms with Gasteiger partial charge in [0.1, 0.15) is 5.75 Å². The van der Waals surface area contributed by atoms with Crippen LogP contribution in [0.3, 0.4) is 0 Å². The summed E-state index contributed by atoms with van der Waals surface area (Å²) in [5, 5.41) is 3.38. The molecule has 0 aromatic heterocycles. The third-order valence-corrected chi connectivity index (χ3v) is 3.86. The van der Waals surface area contributed by atoms with Crippen LogP contribution in [0.25, 0.3) is 0 Å². The zero-order chi connectivity index (χ0) is 17.0. The van der Waals surface area contributed by atoms with E-state index in [1.807, 2.05) is 6.92 Å². The van der Waals surface area contributed by atoms with Crippen molar-refractivity contribution in [2.24, 2.45) is 0 Å². The van der Waals surface area contributed by atoms with E-state index in [4.69, 9.17) is 16.3 Å². The highest BCUT2D eigenvalue weighted by atomic mass is 35.5. The van der Waals surface area contributed by atoms with Crippen LogP contribution < -0.4 is 10.1 Å². The molecular formula is C18H18ClNO3. The zero-order valence-corrected chi connectivity index (χ0v) is 14.0. The van der Waals surface area contributed by atoms with Gasteiger partial charge in [0.15, 0.2) is 11.9 Å². The van der Waals surface area contributed by atoms with Gasteiger partial charge in [-0.3, -0.25) is 9.59 Å². The fourth-order valence-electron chi connectivity index (χ4n) is 2.02. The number of halogens is 1. The lowest BCUT2D eigenvalue weighted by atomic mass is 10.1. The fourth-order valence-corrected chi connectivity index (χ4v) is 2.20. The highest BCUT2D eigenvalue weighted by Gasteiger charge is 2.16. The Labute approximate surface area is 140 Å². The van der Waals surface area contributed by atoms with Gasteiger partial charge in [-0.1, -0.05) is 29.8 Å². The predicted octanol–water partition coefficient (Wildman–Crippen LogP) is 4.26. The smallest absolute Gasteiger partial charge is 0.265 e. The second-order valence-electron chi connectivity index (χ2n) is 5.25. The third-order valence-electron chi connectivity index (χ3n) is 3.45. The molecule has 2 aromatic rings. The van der Waals surface area contributed by atoms with Crippen LogP contribution in [0.5, 0.6) is 5.75 Å². The average Bonchev–Trinajstić information content (AvgIpc) is 2.52. The molecular weight excluding hydrogens is 314 g/mol. The summed E-state index contributed by atoms with van der Waals surface area (Å²) in [5.74, 6) is 0.133. The van der Waals surface area contributed by atoms with Crippen molar-refractivity contribution < 1.29 is 14.3 Å². The number of rotatable bonds is 5. The quantitative estimate of drug-likeness (QED) is 0.833. The van der Waals surface area contributed by atoms with E-state index in [2.05, 4.69) is 5.32 Å². The number of carbonyl (C=O) groups is 2. The molecule has 0 saturated carbocycles. The highest BCUT2D eigenvalue weighted by Crippen LogP contribution is 2.23. The molecule has 23 heavy (non-hydrogen) atoms. The molecule has 1 amide bonds. The van der Waals surface area contributed by atoms with Gasteiger partial charge in [-0.2, -0.15) is 0 Å². The molecule has 0 fully saturated rings. The minimum Gasteiger partial charge on any atom is -0.481 e. The summed E-state index contributed by atoms with van der Waals surface area (Å²) in [5.41, 5.74) is 1.99. The largest absolute Gasteiger partial charge is 0.481 e. The van der Waals surface area contributed by atoms with Crippen molar-refractivity contribution in [3.8, 4) is 5.75 Å². The molecule has 0 heterocycles. The van der Waals surface area contributed by atoms with Crippen LogP contribution in [0, 0.1) is 6.92 Å². The van der Waals surface area contributed by atoms with Crippen molar-refractivity contribution >= 4 is 29.0 Å². The van der Waals surface area contributed by atoms with Crippen molar-refractivity contribution in [1.82, 2.24) is 0 Å². The minimum atomic E-state index is -0.712. The first-order valence-electron chi connectivity index (χ1n) is 7.22. The lowest BCUT2D eigenvalue weighted by Gasteiger charge is -2.16. The second-order valence-corrected chi connectivity index (χ2v) is 5.65. The van der Waals surface area contributed by atoms with Crippen LogP contribution in [0.2, 0.25) is 5.02 Å². The van der Waals surface area contributed by atoms with Gasteiger partial charge in [-0.05, 0) is 50.6 Å². The molecule has 0 aliphatic heterocycles. The molecule has 0 aliphatic carbocycles. The van der Waals surface area contributed by atoms with Gasteiger partial charge in [-0.25, -0.2) is 0 Å². The molecule has 1 unspecified atom stereocenters. The molecule has 0 bridgehead atoms. The number of ether oxygens (including phenoxy) is 1. The Morgan fingerprint density at radius 1 is 1.17 bits per heavy atom. The number of benzene rings is 2. The highest BCUT2D eigenvalue weighted by molar-refractivity contribution is 6.31. The number of amides is 1. The third kappa shape index (κ3) is 4.33. The first kappa shape index (κ1) is 17.0. The van der Waals surface area contributed by atoms with Gasteiger partial charge in [-0.15, -0.1) is 0 Å². The van der Waals surface area contributed by atoms with Crippen molar-refractivity contribution in [1.29, 1.82) is 0 Å². The first-order valence-corrected chi connectivity index (χ1v) is 7.60. The number of hydrogen-bond donors (Lipinski definition) is 1. The predicted molar refractivity (Wildman–Crippen MR) is 91.4 cm³/mol. The lowest BCUT2D eigenvalue weighted by Crippen LogP contribution is -2.30. The Morgan fingerprint density at radius 3 is 2.57 bits per heavy atom. The number of ketones is 1. The van der Waals surface area contributed by atoms with Crippen LogP contribution in [0.1, 0.15) is 29.8 Å². The number of Topliss-reactive ketones (excluding diaryl/α,β-unsaturated/α-hetero) is 1. The molecule has 0 radical (unpaired) electrons. The normalized spacial score (nSPS) is 11.7. The van der Waals surface area contributed by atoms with Gasteiger partial charge in [0.25, 0.3) is 5.91 Å². The minimum absolute atomic E-state index is 0.0536. The second kappa shape index (κ2) is 7.29. The van der Waals surface area contributed by atoms with Crippen molar-refractivity contribution in [2.75, 3.05) is 5.32 Å². The maximum absolute atomic E-state index is 12.3. The zero-order valence-electron chi connectivity index (χ0n) is 13.2. The van der Waals surface area contributed by atoms with Crippen LogP contribution in [-0.2, 0) is 4.79 Å². The monoisotopic (exact) mass is 331 g/mol. The van der Waals surface area contributed by atoms with Gasteiger partial charge in [0, 0.05) is 16.3 Å². The molecule has 1 N–H and O–H groups in total. The summed E-state index contributed by atoms with van der Waals surface area (Å²) in [4.78, 5) is 23.6. The topological polar surface area (TPSA) is 55.4 Å². The maximum Gasteiger partial charge on any atom is 0.265 e. The average molecular weight is 332 g/mol. The van der Waals surface area contributed by atoms with E-state index < -0.39 is 6.10 Å². The number of nitrogens with one attached hydrogen (secondary N) is 1. The van der Waals surface area contributed by atoms with E-state index >= 15 is 0 Å². The van der Waals surface area contributed by atoms with E-state index in [1.54, 1.807) is 49.4 Å². The summed E-state index contributed by atoms with van der Waals surface area (Å²) >= 11 is 6.04. The molecule has 5 heteroatoms. The van der Waals surface area contributed by atoms with Crippen molar-refractivity contribution in [2.45, 2.75) is 26.9 Å². The number of anilines is 1. The maximum atomic E-state index is 12.3. The fraction of sp³-hybridized carbons (Fsp3) is 0.222. The molecule has 1 atom stereocenters. The molecule has 120 valence electrons. The Balaban J connectivity index is 2.07. The van der Waals surface area contributed by atoms with Crippen molar-refractivity contribution in [3.63, 3.8) is 0 Å². The van der Waals surface area contributed by atoms with Crippen LogP contribution in [0.15, 0.2) is 42.5 Å².